The Morgan fingerprint density at radius 3 is 2.60 bits per heavy atom. The molecule has 2 fully saturated rings. The molecule has 1 heterocycles. The van der Waals surface area contributed by atoms with Crippen LogP contribution in [0, 0.1) is 5.92 Å². The molecule has 2 unspecified atom stereocenters. The van der Waals surface area contributed by atoms with Gasteiger partial charge in [0.2, 0.25) is 0 Å². The van der Waals surface area contributed by atoms with Crippen LogP contribution in [0.2, 0.25) is 0 Å². The molecule has 2 rings (SSSR count). The number of piperidine rings is 1. The van der Waals surface area contributed by atoms with Gasteiger partial charge < -0.3 is 5.32 Å². The molecule has 0 aromatic rings. The predicted octanol–water partition coefficient (Wildman–Crippen LogP) is 1.70. The summed E-state index contributed by atoms with van der Waals surface area (Å²) in [4.78, 5) is 0. The van der Waals surface area contributed by atoms with Crippen molar-refractivity contribution in [3.63, 3.8) is 0 Å². The molecule has 2 aliphatic rings. The molecule has 0 spiro atoms. The number of hydrogen-bond donors (Lipinski definition) is 1. The topological polar surface area (TPSA) is 12.0 Å². The Labute approximate surface area is 62.5 Å². The molecule has 1 saturated carbocycles. The summed E-state index contributed by atoms with van der Waals surface area (Å²) >= 11 is 0. The first-order chi connectivity index (χ1) is 4.77. The van der Waals surface area contributed by atoms with Crippen molar-refractivity contribution in [2.75, 3.05) is 6.54 Å². The molecule has 1 N–H and O–H groups in total. The minimum atomic E-state index is 0.829. The maximum atomic E-state index is 3.51. The van der Waals surface area contributed by atoms with Crippen LogP contribution in [0.25, 0.3) is 0 Å². The highest BCUT2D eigenvalue weighted by atomic mass is 15.0. The SMILES string of the molecule is CC(C)=C1CC2CC1CN2. The molecule has 1 saturated heterocycles. The second kappa shape index (κ2) is 2.09. The van der Waals surface area contributed by atoms with Crippen molar-refractivity contribution in [2.24, 2.45) is 5.92 Å². The standard InChI is InChI=1S/C9H15N/c1-6(2)9-4-8-3-7(9)5-10-8/h7-8,10H,3-5H2,1-2H3. The van der Waals surface area contributed by atoms with Crippen LogP contribution in [0.4, 0.5) is 0 Å². The van der Waals surface area contributed by atoms with E-state index in [1.54, 1.807) is 11.1 Å². The first-order valence-electron chi connectivity index (χ1n) is 4.17. The lowest BCUT2D eigenvalue weighted by atomic mass is 9.98. The Hall–Kier alpha value is -0.300. The summed E-state index contributed by atoms with van der Waals surface area (Å²) in [6.07, 6.45) is 2.73. The van der Waals surface area contributed by atoms with Gasteiger partial charge in [-0.15, -0.1) is 0 Å². The molecule has 0 radical (unpaired) electrons. The van der Waals surface area contributed by atoms with Gasteiger partial charge in [0.15, 0.2) is 0 Å². The monoisotopic (exact) mass is 137 g/mol. The number of fused-ring (bicyclic) bond motifs is 2. The lowest BCUT2D eigenvalue weighted by Crippen LogP contribution is -2.25. The van der Waals surface area contributed by atoms with Crippen LogP contribution >= 0.6 is 0 Å². The molecule has 1 nitrogen and oxygen atoms in total. The van der Waals surface area contributed by atoms with Gasteiger partial charge in [0.25, 0.3) is 0 Å². The van der Waals surface area contributed by atoms with E-state index in [1.807, 2.05) is 0 Å². The van der Waals surface area contributed by atoms with Crippen LogP contribution in [0.5, 0.6) is 0 Å². The summed E-state index contributed by atoms with van der Waals surface area (Å²) in [7, 11) is 0. The van der Waals surface area contributed by atoms with Crippen molar-refractivity contribution in [3.05, 3.63) is 11.1 Å². The van der Waals surface area contributed by atoms with Crippen molar-refractivity contribution in [1.29, 1.82) is 0 Å². The normalized spacial score (nSPS) is 37.2. The molecule has 10 heavy (non-hydrogen) atoms. The Bertz CT molecular complexity index is 177. The zero-order valence-corrected chi connectivity index (χ0v) is 6.78. The van der Waals surface area contributed by atoms with Crippen LogP contribution in [-0.4, -0.2) is 12.6 Å². The van der Waals surface area contributed by atoms with Gasteiger partial charge in [0, 0.05) is 12.6 Å². The van der Waals surface area contributed by atoms with E-state index in [0.29, 0.717) is 0 Å². The number of hydrogen-bond acceptors (Lipinski definition) is 1. The van der Waals surface area contributed by atoms with Crippen LogP contribution < -0.4 is 5.32 Å². The molecule has 1 aliphatic carbocycles. The lowest BCUT2D eigenvalue weighted by molar-refractivity contribution is 0.587. The van der Waals surface area contributed by atoms with E-state index < -0.39 is 0 Å². The van der Waals surface area contributed by atoms with Crippen molar-refractivity contribution >= 4 is 0 Å². The third-order valence-corrected chi connectivity index (χ3v) is 2.82. The van der Waals surface area contributed by atoms with Gasteiger partial charge in [0.1, 0.15) is 0 Å². The summed E-state index contributed by atoms with van der Waals surface area (Å²) in [5.74, 6) is 0.898. The molecule has 2 atom stereocenters. The van der Waals surface area contributed by atoms with Crippen molar-refractivity contribution in [3.8, 4) is 0 Å². The van der Waals surface area contributed by atoms with Gasteiger partial charge in [0.05, 0.1) is 0 Å². The molecule has 0 amide bonds. The Morgan fingerprint density at radius 2 is 2.30 bits per heavy atom. The third-order valence-electron chi connectivity index (χ3n) is 2.82. The second-order valence-corrected chi connectivity index (χ2v) is 3.77. The van der Waals surface area contributed by atoms with Gasteiger partial charge in [-0.2, -0.15) is 0 Å². The van der Waals surface area contributed by atoms with Gasteiger partial charge in [-0.3, -0.25) is 0 Å². The fourth-order valence-corrected chi connectivity index (χ4v) is 2.28. The van der Waals surface area contributed by atoms with Crippen molar-refractivity contribution < 1.29 is 0 Å². The Balaban J connectivity index is 2.23. The van der Waals surface area contributed by atoms with E-state index in [2.05, 4.69) is 19.2 Å². The van der Waals surface area contributed by atoms with Gasteiger partial charge in [-0.1, -0.05) is 11.1 Å². The van der Waals surface area contributed by atoms with Gasteiger partial charge in [-0.25, -0.2) is 0 Å². The first-order valence-corrected chi connectivity index (χ1v) is 4.17. The molecular formula is C9H15N. The summed E-state index contributed by atoms with van der Waals surface area (Å²) < 4.78 is 0. The average Bonchev–Trinajstić information content (AvgIpc) is 2.44. The van der Waals surface area contributed by atoms with E-state index in [1.165, 1.54) is 19.4 Å². The minimum absolute atomic E-state index is 0.829. The van der Waals surface area contributed by atoms with Crippen LogP contribution in [-0.2, 0) is 0 Å². The molecule has 56 valence electrons. The summed E-state index contributed by atoms with van der Waals surface area (Å²) in [6.45, 7) is 5.73. The summed E-state index contributed by atoms with van der Waals surface area (Å²) in [5.41, 5.74) is 3.30. The first kappa shape index (κ1) is 6.41. The molecule has 1 heteroatoms. The highest BCUT2D eigenvalue weighted by Gasteiger charge is 2.35. The maximum Gasteiger partial charge on any atom is 0.0111 e. The van der Waals surface area contributed by atoms with Crippen LogP contribution in [0.3, 0.4) is 0 Å². The Kier molecular flexibility index (Phi) is 1.34. The van der Waals surface area contributed by atoms with E-state index in [-0.39, 0.29) is 0 Å². The smallest absolute Gasteiger partial charge is 0.0111 e. The molecule has 2 bridgehead atoms. The predicted molar refractivity (Wildman–Crippen MR) is 42.9 cm³/mol. The Morgan fingerprint density at radius 1 is 1.50 bits per heavy atom. The van der Waals surface area contributed by atoms with E-state index in [0.717, 1.165) is 12.0 Å². The number of allylic oxidation sites excluding steroid dienone is 1. The fraction of sp³-hybridized carbons (Fsp3) is 0.778. The fourth-order valence-electron chi connectivity index (χ4n) is 2.28. The molecule has 1 aliphatic heterocycles. The average molecular weight is 137 g/mol. The van der Waals surface area contributed by atoms with Crippen molar-refractivity contribution in [1.82, 2.24) is 5.32 Å². The maximum absolute atomic E-state index is 3.51. The number of nitrogens with one attached hydrogen (secondary N) is 1. The van der Waals surface area contributed by atoms with Gasteiger partial charge >= 0.3 is 0 Å². The lowest BCUT2D eigenvalue weighted by Gasteiger charge is -2.15. The van der Waals surface area contributed by atoms with Crippen molar-refractivity contribution in [2.45, 2.75) is 32.7 Å². The van der Waals surface area contributed by atoms with Crippen LogP contribution in [0.15, 0.2) is 11.1 Å². The minimum Gasteiger partial charge on any atom is -0.313 e. The van der Waals surface area contributed by atoms with E-state index >= 15 is 0 Å². The zero-order valence-electron chi connectivity index (χ0n) is 6.78. The molecule has 0 aromatic carbocycles. The molecular weight excluding hydrogens is 122 g/mol. The third kappa shape index (κ3) is 0.807. The van der Waals surface area contributed by atoms with E-state index in [4.69, 9.17) is 0 Å². The van der Waals surface area contributed by atoms with E-state index in [9.17, 15) is 0 Å². The summed E-state index contributed by atoms with van der Waals surface area (Å²) in [5, 5.41) is 3.51. The number of rotatable bonds is 0. The molecule has 0 aromatic heterocycles. The largest absolute Gasteiger partial charge is 0.313 e. The highest BCUT2D eigenvalue weighted by Crippen LogP contribution is 2.37. The summed E-state index contributed by atoms with van der Waals surface area (Å²) in [6, 6.07) is 0.829. The van der Waals surface area contributed by atoms with Crippen LogP contribution in [0.1, 0.15) is 26.7 Å². The quantitative estimate of drug-likeness (QED) is 0.501. The van der Waals surface area contributed by atoms with Gasteiger partial charge in [-0.05, 0) is 32.6 Å². The zero-order chi connectivity index (χ0) is 7.14. The second-order valence-electron chi connectivity index (χ2n) is 3.77. The highest BCUT2D eigenvalue weighted by molar-refractivity contribution is 5.23.